The predicted molar refractivity (Wildman–Crippen MR) is 142 cm³/mol. The Kier molecular flexibility index (Phi) is 11.5. The summed E-state index contributed by atoms with van der Waals surface area (Å²) in [7, 11) is 1.41. The first kappa shape index (κ1) is 29.9. The van der Waals surface area contributed by atoms with Crippen molar-refractivity contribution in [1.29, 1.82) is 0 Å². The molecule has 0 saturated carbocycles. The Balaban J connectivity index is 1.78. The van der Waals surface area contributed by atoms with E-state index in [0.29, 0.717) is 6.42 Å². The van der Waals surface area contributed by atoms with Gasteiger partial charge < -0.3 is 29.0 Å². The van der Waals surface area contributed by atoms with Gasteiger partial charge in [0.05, 0.1) is 13.2 Å². The van der Waals surface area contributed by atoms with E-state index < -0.39 is 36.8 Å². The molecule has 0 aliphatic carbocycles. The van der Waals surface area contributed by atoms with Crippen molar-refractivity contribution in [3.63, 3.8) is 0 Å². The largest absolute Gasteiger partial charge is 0.493 e. The second-order valence-corrected chi connectivity index (χ2v) is 9.45. The zero-order chi connectivity index (χ0) is 28.2. The number of carbonyl (C=O) groups is 3. The molecule has 10 nitrogen and oxygen atoms in total. The minimum Gasteiger partial charge on any atom is -0.493 e. The number of hydrogen-bond donors (Lipinski definition) is 1. The van der Waals surface area contributed by atoms with E-state index >= 15 is 0 Å². The van der Waals surface area contributed by atoms with Gasteiger partial charge in [-0.05, 0) is 25.3 Å². The lowest BCUT2D eigenvalue weighted by atomic mass is 9.87. The second-order valence-electron chi connectivity index (χ2n) is 9.45. The van der Waals surface area contributed by atoms with Crippen LogP contribution in [-0.4, -0.2) is 61.6 Å². The van der Waals surface area contributed by atoms with Crippen LogP contribution < -0.4 is 14.8 Å². The lowest BCUT2D eigenvalue weighted by Crippen LogP contribution is -2.44. The molecule has 0 bridgehead atoms. The van der Waals surface area contributed by atoms with E-state index in [2.05, 4.69) is 29.4 Å². The van der Waals surface area contributed by atoms with Crippen molar-refractivity contribution in [2.45, 2.75) is 71.1 Å². The normalized spacial score (nSPS) is 21.5. The number of aromatic nitrogens is 1. The van der Waals surface area contributed by atoms with Crippen molar-refractivity contribution < 1.29 is 38.1 Å². The first-order chi connectivity index (χ1) is 18.8. The van der Waals surface area contributed by atoms with Crippen molar-refractivity contribution in [2.24, 2.45) is 5.92 Å². The SMILES string of the molecule is CCCC[C@H]1OCC[C@H](NC(=O)c2nccc(OC)c2OCOC(C)=O)C(=O)O[C@@H](C)[C@@H]1Cc1ccccc1. The number of unbranched alkanes of at least 4 members (excludes halogenated alkanes) is 1. The van der Waals surface area contributed by atoms with Gasteiger partial charge in [-0.1, -0.05) is 50.1 Å². The maximum atomic E-state index is 13.3. The quantitative estimate of drug-likeness (QED) is 0.333. The van der Waals surface area contributed by atoms with E-state index in [1.165, 1.54) is 26.3 Å². The molecular weight excluding hydrogens is 504 g/mol. The number of amides is 1. The number of nitrogens with one attached hydrogen (secondary N) is 1. The number of benzene rings is 1. The summed E-state index contributed by atoms with van der Waals surface area (Å²) in [5.41, 5.74) is 1.02. The number of esters is 2. The van der Waals surface area contributed by atoms with Crippen LogP contribution in [0.25, 0.3) is 0 Å². The summed E-state index contributed by atoms with van der Waals surface area (Å²) < 4.78 is 27.8. The van der Waals surface area contributed by atoms with Gasteiger partial charge in [0.2, 0.25) is 6.79 Å². The number of pyridine rings is 1. The van der Waals surface area contributed by atoms with Crippen LogP contribution in [0.4, 0.5) is 0 Å². The topological polar surface area (TPSA) is 122 Å². The summed E-state index contributed by atoms with van der Waals surface area (Å²) >= 11 is 0. The summed E-state index contributed by atoms with van der Waals surface area (Å²) in [4.78, 5) is 41.8. The number of hydrogen-bond acceptors (Lipinski definition) is 9. The molecule has 1 aliphatic rings. The molecule has 0 spiro atoms. The third-order valence-corrected chi connectivity index (χ3v) is 6.64. The molecule has 2 aromatic rings. The van der Waals surface area contributed by atoms with Crippen LogP contribution in [0.2, 0.25) is 0 Å². The molecule has 1 fully saturated rings. The number of nitrogens with zero attached hydrogens (tertiary/aromatic N) is 1. The lowest BCUT2D eigenvalue weighted by Gasteiger charge is -2.31. The first-order valence-electron chi connectivity index (χ1n) is 13.3. The second kappa shape index (κ2) is 15.1. The summed E-state index contributed by atoms with van der Waals surface area (Å²) in [6, 6.07) is 10.6. The molecule has 1 amide bonds. The molecule has 1 N–H and O–H groups in total. The Hall–Kier alpha value is -3.66. The summed E-state index contributed by atoms with van der Waals surface area (Å²) in [5.74, 6) is -1.59. The molecular formula is C29H38N2O8. The Bertz CT molecular complexity index is 1090. The minimum absolute atomic E-state index is 0.0117. The number of cyclic esters (lactones) is 1. The molecule has 212 valence electrons. The van der Waals surface area contributed by atoms with Crippen LogP contribution in [0, 0.1) is 5.92 Å². The Labute approximate surface area is 229 Å². The fraction of sp³-hybridized carbons (Fsp3) is 0.517. The van der Waals surface area contributed by atoms with Gasteiger partial charge in [-0.15, -0.1) is 0 Å². The minimum atomic E-state index is -0.962. The van der Waals surface area contributed by atoms with E-state index in [9.17, 15) is 14.4 Å². The molecule has 39 heavy (non-hydrogen) atoms. The fourth-order valence-corrected chi connectivity index (χ4v) is 4.54. The lowest BCUT2D eigenvalue weighted by molar-refractivity contribution is -0.154. The van der Waals surface area contributed by atoms with Gasteiger partial charge in [0.1, 0.15) is 12.1 Å². The molecule has 4 atom stereocenters. The fourth-order valence-electron chi connectivity index (χ4n) is 4.54. The Morgan fingerprint density at radius 2 is 1.95 bits per heavy atom. The third-order valence-electron chi connectivity index (χ3n) is 6.64. The maximum Gasteiger partial charge on any atom is 0.329 e. The van der Waals surface area contributed by atoms with E-state index in [1.54, 1.807) is 0 Å². The highest BCUT2D eigenvalue weighted by Crippen LogP contribution is 2.30. The average molecular weight is 543 g/mol. The molecule has 1 saturated heterocycles. The predicted octanol–water partition coefficient (Wildman–Crippen LogP) is 3.86. The molecule has 3 rings (SSSR count). The van der Waals surface area contributed by atoms with Gasteiger partial charge in [0.15, 0.2) is 17.2 Å². The van der Waals surface area contributed by atoms with Crippen molar-refractivity contribution in [3.05, 3.63) is 53.9 Å². The van der Waals surface area contributed by atoms with Gasteiger partial charge in [-0.25, -0.2) is 9.78 Å². The van der Waals surface area contributed by atoms with Crippen LogP contribution in [-0.2, 0) is 30.2 Å². The van der Waals surface area contributed by atoms with Gasteiger partial charge in [0, 0.05) is 38.1 Å². The van der Waals surface area contributed by atoms with Gasteiger partial charge in [-0.2, -0.15) is 0 Å². The van der Waals surface area contributed by atoms with Gasteiger partial charge in [0.25, 0.3) is 5.91 Å². The van der Waals surface area contributed by atoms with Crippen molar-refractivity contribution in [3.8, 4) is 11.5 Å². The van der Waals surface area contributed by atoms with Crippen LogP contribution in [0.1, 0.15) is 62.5 Å². The van der Waals surface area contributed by atoms with Crippen molar-refractivity contribution in [2.75, 3.05) is 20.5 Å². The van der Waals surface area contributed by atoms with Crippen molar-refractivity contribution >= 4 is 17.8 Å². The number of rotatable bonds is 11. The first-order valence-corrected chi connectivity index (χ1v) is 13.3. The number of carbonyl (C=O) groups excluding carboxylic acids is 3. The zero-order valence-electron chi connectivity index (χ0n) is 23.0. The molecule has 2 heterocycles. The van der Waals surface area contributed by atoms with Crippen LogP contribution in [0.3, 0.4) is 0 Å². The van der Waals surface area contributed by atoms with Gasteiger partial charge in [-0.3, -0.25) is 9.59 Å². The molecule has 0 radical (unpaired) electrons. The number of methoxy groups -OCH3 is 1. The highest BCUT2D eigenvalue weighted by atomic mass is 16.7. The molecule has 1 aromatic heterocycles. The average Bonchev–Trinajstić information content (AvgIpc) is 2.97. The zero-order valence-corrected chi connectivity index (χ0v) is 23.0. The third kappa shape index (κ3) is 8.68. The maximum absolute atomic E-state index is 13.3. The summed E-state index contributed by atoms with van der Waals surface area (Å²) in [6.45, 7) is 5.08. The van der Waals surface area contributed by atoms with E-state index in [-0.39, 0.29) is 42.2 Å². The molecule has 1 aromatic carbocycles. The van der Waals surface area contributed by atoms with E-state index in [0.717, 1.165) is 24.8 Å². The highest BCUT2D eigenvalue weighted by molar-refractivity contribution is 5.98. The van der Waals surface area contributed by atoms with E-state index in [1.807, 2.05) is 25.1 Å². The summed E-state index contributed by atoms with van der Waals surface area (Å²) in [5, 5.41) is 2.72. The van der Waals surface area contributed by atoms with Crippen LogP contribution >= 0.6 is 0 Å². The van der Waals surface area contributed by atoms with Crippen LogP contribution in [0.15, 0.2) is 42.6 Å². The van der Waals surface area contributed by atoms with Crippen molar-refractivity contribution in [1.82, 2.24) is 10.3 Å². The molecule has 0 unspecified atom stereocenters. The Morgan fingerprint density at radius 3 is 2.64 bits per heavy atom. The monoisotopic (exact) mass is 542 g/mol. The molecule has 1 aliphatic heterocycles. The number of ether oxygens (including phenoxy) is 5. The molecule has 10 heteroatoms. The smallest absolute Gasteiger partial charge is 0.329 e. The standard InChI is InChI=1S/C29H38N2O8/c1-5-6-12-24-22(17-21-10-8-7-9-11-21)19(2)39-29(34)23(14-16-36-24)31-28(33)26-27(38-18-37-20(3)32)25(35-4)13-15-30-26/h7-11,13,15,19,22-24H,5-6,12,14,16-18H2,1-4H3,(H,31,33)/t19-,22-,23-,24+/m0/s1. The Morgan fingerprint density at radius 1 is 1.18 bits per heavy atom. The van der Waals surface area contributed by atoms with E-state index in [4.69, 9.17) is 23.7 Å². The van der Waals surface area contributed by atoms with Crippen LogP contribution in [0.5, 0.6) is 11.5 Å². The van der Waals surface area contributed by atoms with Gasteiger partial charge >= 0.3 is 11.9 Å². The summed E-state index contributed by atoms with van der Waals surface area (Å²) in [6.07, 6.45) is 4.66. The highest BCUT2D eigenvalue weighted by Gasteiger charge is 2.35.